The van der Waals surface area contributed by atoms with Gasteiger partial charge in [-0.15, -0.1) is 0 Å². The van der Waals surface area contributed by atoms with Crippen molar-refractivity contribution in [2.45, 2.75) is 62.9 Å². The summed E-state index contributed by atoms with van der Waals surface area (Å²) in [7, 11) is -3.96. The Hall–Kier alpha value is -5.02. The monoisotopic (exact) mass is 790 g/mol. The minimum Gasteiger partial charge on any atom is -0.392 e. The first-order valence-electron chi connectivity index (χ1n) is 19.4. The molecule has 2 aliphatic heterocycles. The van der Waals surface area contributed by atoms with Crippen molar-refractivity contribution in [2.24, 2.45) is 5.92 Å². The number of hydrogen-bond acceptors (Lipinski definition) is 10. The topological polar surface area (TPSA) is 146 Å². The summed E-state index contributed by atoms with van der Waals surface area (Å²) in [6.07, 6.45) is 2.72. The van der Waals surface area contributed by atoms with Crippen LogP contribution >= 0.6 is 0 Å². The van der Waals surface area contributed by atoms with Gasteiger partial charge in [0.1, 0.15) is 6.04 Å². The van der Waals surface area contributed by atoms with Gasteiger partial charge in [0, 0.05) is 63.1 Å². The minimum absolute atomic E-state index is 0.0285. The highest BCUT2D eigenvalue weighted by molar-refractivity contribution is 7.89. The predicted octanol–water partition coefficient (Wildman–Crippen LogP) is 5.10. The van der Waals surface area contributed by atoms with E-state index in [1.165, 1.54) is 12.1 Å². The number of ether oxygens (including phenoxy) is 2. The third kappa shape index (κ3) is 10.3. The van der Waals surface area contributed by atoms with Crippen LogP contribution in [-0.4, -0.2) is 79.2 Å². The Morgan fingerprint density at radius 1 is 0.807 bits per heavy atom. The van der Waals surface area contributed by atoms with Crippen LogP contribution in [0.3, 0.4) is 0 Å². The fourth-order valence-corrected chi connectivity index (χ4v) is 8.48. The molecule has 5 atom stereocenters. The SMILES string of the molecule is Cc1ccc(S(=O)(=O)N[C@H](Cc2ccccc2)C(=O)NCc2ccc([C@H]3O[C@@H](CN4CCN(c5ncccn5)CC4)[C@@H](C)[C@@H](c4ccc(CO)cc4)O3)cc2)cc1. The normalized spacial score (nSPS) is 20.9. The summed E-state index contributed by atoms with van der Waals surface area (Å²) in [6, 6.07) is 32.3. The van der Waals surface area contributed by atoms with E-state index in [0.717, 1.165) is 72.1 Å². The number of carbonyl (C=O) groups is 1. The van der Waals surface area contributed by atoms with Crippen LogP contribution in [-0.2, 0) is 43.9 Å². The molecule has 2 fully saturated rings. The number of nitrogens with one attached hydrogen (secondary N) is 2. The van der Waals surface area contributed by atoms with Crippen molar-refractivity contribution in [3.63, 3.8) is 0 Å². The number of carbonyl (C=O) groups excluding carboxylic acids is 1. The van der Waals surface area contributed by atoms with Gasteiger partial charge in [-0.25, -0.2) is 18.4 Å². The molecule has 4 aromatic carbocycles. The van der Waals surface area contributed by atoms with E-state index in [4.69, 9.17) is 9.47 Å². The van der Waals surface area contributed by atoms with E-state index in [1.807, 2.05) is 91.9 Å². The van der Waals surface area contributed by atoms with Crippen molar-refractivity contribution in [2.75, 3.05) is 37.6 Å². The molecule has 3 heterocycles. The van der Waals surface area contributed by atoms with Gasteiger partial charge in [0.25, 0.3) is 0 Å². The molecule has 0 bridgehead atoms. The number of benzene rings is 4. The molecule has 2 aliphatic rings. The molecule has 0 saturated carbocycles. The average molecular weight is 791 g/mol. The van der Waals surface area contributed by atoms with Gasteiger partial charge in [0.2, 0.25) is 21.9 Å². The number of sulfonamides is 1. The number of nitrogens with zero attached hydrogens (tertiary/aromatic N) is 4. The van der Waals surface area contributed by atoms with E-state index in [-0.39, 0.29) is 42.6 Å². The zero-order chi connectivity index (χ0) is 39.8. The Morgan fingerprint density at radius 3 is 2.12 bits per heavy atom. The first kappa shape index (κ1) is 40.2. The number of aliphatic hydroxyl groups is 1. The Labute approximate surface area is 334 Å². The molecule has 298 valence electrons. The smallest absolute Gasteiger partial charge is 0.241 e. The number of anilines is 1. The minimum atomic E-state index is -3.96. The number of aliphatic hydroxyl groups excluding tert-OH is 1. The lowest BCUT2D eigenvalue weighted by molar-refractivity contribution is -0.276. The second-order valence-electron chi connectivity index (χ2n) is 14.8. The van der Waals surface area contributed by atoms with Gasteiger partial charge in [-0.1, -0.05) is 103 Å². The standard InChI is InChI=1S/C44H50N6O6S/c1-31-9-19-38(20-10-31)57(53,54)48-39(27-33-7-4-3-5-8-33)42(52)47-28-34-11-17-37(18-12-34)43-55-40(32(2)41(56-43)36-15-13-35(30-51)14-16-36)29-49-23-25-50(26-24-49)44-45-21-6-22-46-44/h3-22,32,39-41,43,48,51H,23-30H2,1-2H3,(H,47,52)/t32-,39-,40+,41+,43+/m1/s1. The number of piperazine rings is 1. The highest BCUT2D eigenvalue weighted by Crippen LogP contribution is 2.42. The summed E-state index contributed by atoms with van der Waals surface area (Å²) in [5, 5.41) is 12.6. The van der Waals surface area contributed by atoms with Crippen LogP contribution in [0.4, 0.5) is 5.95 Å². The van der Waals surface area contributed by atoms with Gasteiger partial charge in [-0.05, 0) is 53.8 Å². The van der Waals surface area contributed by atoms with Gasteiger partial charge >= 0.3 is 0 Å². The lowest BCUT2D eigenvalue weighted by Crippen LogP contribution is -2.51. The molecule has 0 unspecified atom stereocenters. The molecule has 0 radical (unpaired) electrons. The van der Waals surface area contributed by atoms with Gasteiger partial charge in [-0.2, -0.15) is 4.72 Å². The first-order chi connectivity index (χ1) is 27.6. The first-order valence-corrected chi connectivity index (χ1v) is 20.9. The lowest BCUT2D eigenvalue weighted by Gasteiger charge is -2.44. The summed E-state index contributed by atoms with van der Waals surface area (Å²) in [5.41, 5.74) is 5.31. The van der Waals surface area contributed by atoms with Gasteiger partial charge < -0.3 is 24.8 Å². The molecular weight excluding hydrogens is 741 g/mol. The number of aromatic nitrogens is 2. The molecule has 1 aromatic heterocycles. The third-order valence-electron chi connectivity index (χ3n) is 10.7. The van der Waals surface area contributed by atoms with Crippen molar-refractivity contribution in [3.05, 3.63) is 155 Å². The Balaban J connectivity index is 1.03. The number of hydrogen-bond donors (Lipinski definition) is 3. The van der Waals surface area contributed by atoms with Crippen LogP contribution in [0, 0.1) is 12.8 Å². The summed E-state index contributed by atoms with van der Waals surface area (Å²) < 4.78 is 42.7. The van der Waals surface area contributed by atoms with E-state index < -0.39 is 28.3 Å². The molecule has 57 heavy (non-hydrogen) atoms. The average Bonchev–Trinajstić information content (AvgIpc) is 3.24. The maximum atomic E-state index is 13.6. The van der Waals surface area contributed by atoms with Crippen molar-refractivity contribution >= 4 is 21.9 Å². The van der Waals surface area contributed by atoms with Crippen molar-refractivity contribution in [3.8, 4) is 0 Å². The molecule has 2 saturated heterocycles. The number of amides is 1. The molecule has 5 aromatic rings. The quantitative estimate of drug-likeness (QED) is 0.139. The van der Waals surface area contributed by atoms with Crippen LogP contribution in [0.15, 0.2) is 126 Å². The fourth-order valence-electron chi connectivity index (χ4n) is 7.28. The van der Waals surface area contributed by atoms with Crippen LogP contribution in [0.25, 0.3) is 0 Å². The maximum Gasteiger partial charge on any atom is 0.241 e. The zero-order valence-corrected chi connectivity index (χ0v) is 33.1. The van der Waals surface area contributed by atoms with E-state index in [2.05, 4.69) is 36.7 Å². The zero-order valence-electron chi connectivity index (χ0n) is 32.3. The summed E-state index contributed by atoms with van der Waals surface area (Å²) in [6.45, 7) is 8.30. The van der Waals surface area contributed by atoms with E-state index in [0.29, 0.717) is 0 Å². The van der Waals surface area contributed by atoms with Gasteiger partial charge in [-0.3, -0.25) is 9.69 Å². The van der Waals surface area contributed by atoms with Crippen LogP contribution < -0.4 is 14.9 Å². The molecule has 0 aliphatic carbocycles. The highest BCUT2D eigenvalue weighted by atomic mass is 32.2. The molecule has 0 spiro atoms. The molecule has 12 nitrogen and oxygen atoms in total. The van der Waals surface area contributed by atoms with Crippen molar-refractivity contribution in [1.29, 1.82) is 0 Å². The third-order valence-corrected chi connectivity index (χ3v) is 12.2. The largest absolute Gasteiger partial charge is 0.392 e. The van der Waals surface area contributed by atoms with E-state index in [1.54, 1.807) is 24.5 Å². The highest BCUT2D eigenvalue weighted by Gasteiger charge is 2.39. The second kappa shape index (κ2) is 18.5. The van der Waals surface area contributed by atoms with Crippen LogP contribution in [0.1, 0.15) is 52.7 Å². The van der Waals surface area contributed by atoms with Gasteiger partial charge in [0.15, 0.2) is 6.29 Å². The Kier molecular flexibility index (Phi) is 13.0. The maximum absolute atomic E-state index is 13.6. The Morgan fingerprint density at radius 2 is 1.46 bits per heavy atom. The van der Waals surface area contributed by atoms with Crippen molar-refractivity contribution in [1.82, 2.24) is 24.9 Å². The second-order valence-corrected chi connectivity index (χ2v) is 16.5. The van der Waals surface area contributed by atoms with Crippen molar-refractivity contribution < 1.29 is 27.8 Å². The molecular formula is C44H50N6O6S. The molecule has 7 rings (SSSR count). The number of rotatable bonds is 14. The lowest BCUT2D eigenvalue weighted by atomic mass is 9.90. The summed E-state index contributed by atoms with van der Waals surface area (Å²) in [4.78, 5) is 27.2. The molecule has 1 amide bonds. The van der Waals surface area contributed by atoms with E-state index >= 15 is 0 Å². The summed E-state index contributed by atoms with van der Waals surface area (Å²) >= 11 is 0. The fraction of sp³-hybridized carbons (Fsp3) is 0.341. The number of aryl methyl sites for hydroxylation is 1. The molecule has 13 heteroatoms. The van der Waals surface area contributed by atoms with Gasteiger partial charge in [0.05, 0.1) is 23.7 Å². The van der Waals surface area contributed by atoms with E-state index in [9.17, 15) is 18.3 Å². The molecule has 3 N–H and O–H groups in total. The van der Waals surface area contributed by atoms with Crippen LogP contribution in [0.2, 0.25) is 0 Å². The summed E-state index contributed by atoms with van der Waals surface area (Å²) in [5.74, 6) is 0.358. The Bertz CT molecular complexity index is 2150. The van der Waals surface area contributed by atoms with Crippen LogP contribution in [0.5, 0.6) is 0 Å². The predicted molar refractivity (Wildman–Crippen MR) is 217 cm³/mol.